The number of carbonyl (C=O) groups excluding carboxylic acids is 2. The predicted octanol–water partition coefficient (Wildman–Crippen LogP) is 6.00. The predicted molar refractivity (Wildman–Crippen MR) is 139 cm³/mol. The summed E-state index contributed by atoms with van der Waals surface area (Å²) >= 11 is 0. The number of Topliss-reactive ketones (excluding diaryl/α,β-unsaturated/α-hetero) is 1. The lowest BCUT2D eigenvalue weighted by Gasteiger charge is -2.56. The molecule has 196 valence electrons. The van der Waals surface area contributed by atoms with Crippen molar-refractivity contribution in [2.75, 3.05) is 19.6 Å². The molecular formula is C31H43FN2O2. The average molecular weight is 495 g/mol. The van der Waals surface area contributed by atoms with Gasteiger partial charge in [-0.3, -0.25) is 9.59 Å². The molecule has 0 radical (unpaired) electrons. The molecule has 5 heteroatoms. The summed E-state index contributed by atoms with van der Waals surface area (Å²) in [6.45, 7) is 3.08. The molecule has 0 unspecified atom stereocenters. The van der Waals surface area contributed by atoms with E-state index in [1.165, 1.54) is 50.7 Å². The number of amides is 1. The molecule has 5 saturated carbocycles. The molecule has 4 bridgehead atoms. The van der Waals surface area contributed by atoms with Crippen LogP contribution in [0.15, 0.2) is 24.3 Å². The minimum absolute atomic E-state index is 0.0181. The van der Waals surface area contributed by atoms with Crippen LogP contribution in [0.3, 0.4) is 0 Å². The van der Waals surface area contributed by atoms with Crippen LogP contribution in [-0.4, -0.2) is 42.3 Å². The van der Waals surface area contributed by atoms with Crippen LogP contribution >= 0.6 is 0 Å². The summed E-state index contributed by atoms with van der Waals surface area (Å²) in [6.07, 6.45) is 15.4. The molecule has 7 rings (SSSR count). The van der Waals surface area contributed by atoms with Gasteiger partial charge in [-0.25, -0.2) is 4.39 Å². The number of hydrogen-bond acceptors (Lipinski definition) is 3. The second-order valence-corrected chi connectivity index (χ2v) is 13.2. The van der Waals surface area contributed by atoms with E-state index in [4.69, 9.17) is 0 Å². The number of ketones is 1. The minimum Gasteiger partial charge on any atom is -0.353 e. The second kappa shape index (κ2) is 10.2. The van der Waals surface area contributed by atoms with E-state index < -0.39 is 0 Å². The molecule has 4 nitrogen and oxygen atoms in total. The van der Waals surface area contributed by atoms with Gasteiger partial charge in [-0.2, -0.15) is 0 Å². The fourth-order valence-electron chi connectivity index (χ4n) is 8.96. The Balaban J connectivity index is 0.902. The van der Waals surface area contributed by atoms with Crippen LogP contribution in [0.25, 0.3) is 0 Å². The highest BCUT2D eigenvalue weighted by Gasteiger charge is 2.54. The normalized spacial score (nSPS) is 36.6. The maximum atomic E-state index is 13.4. The number of benzene rings is 1. The van der Waals surface area contributed by atoms with Crippen molar-refractivity contribution in [1.82, 2.24) is 10.2 Å². The van der Waals surface area contributed by atoms with Crippen molar-refractivity contribution in [2.45, 2.75) is 89.5 Å². The maximum absolute atomic E-state index is 13.4. The summed E-state index contributed by atoms with van der Waals surface area (Å²) in [5.41, 5.74) is 0.623. The summed E-state index contributed by atoms with van der Waals surface area (Å²) in [7, 11) is 0. The molecular weight excluding hydrogens is 451 g/mol. The van der Waals surface area contributed by atoms with E-state index in [1.807, 2.05) is 0 Å². The Morgan fingerprint density at radius 3 is 2.03 bits per heavy atom. The van der Waals surface area contributed by atoms with E-state index in [-0.39, 0.29) is 22.9 Å². The zero-order chi connectivity index (χ0) is 24.7. The van der Waals surface area contributed by atoms with Crippen LogP contribution in [0.1, 0.15) is 93.8 Å². The molecule has 1 saturated heterocycles. The molecule has 0 aromatic heterocycles. The highest BCUT2D eigenvalue weighted by Crippen LogP contribution is 2.60. The monoisotopic (exact) mass is 494 g/mol. The minimum atomic E-state index is -0.291. The van der Waals surface area contributed by atoms with Gasteiger partial charge >= 0.3 is 0 Å². The molecule has 1 amide bonds. The zero-order valence-electron chi connectivity index (χ0n) is 21.7. The lowest BCUT2D eigenvalue weighted by Crippen LogP contribution is -2.55. The standard InChI is InChI=1S/C31H43FN2O2/c32-27-5-3-25(4-6-27)29(35)26-10-13-34(14-11-26)12-9-21-1-7-28(8-2-21)33-30(36)31-18-22-15-23(19-31)17-24(16-22)20-31/h3-6,21-24,26,28H,1-2,7-20H2,(H,33,36). The maximum Gasteiger partial charge on any atom is 0.226 e. The second-order valence-electron chi connectivity index (χ2n) is 13.2. The zero-order valence-corrected chi connectivity index (χ0v) is 21.7. The fourth-order valence-corrected chi connectivity index (χ4v) is 8.96. The number of nitrogens with zero attached hydrogens (tertiary/aromatic N) is 1. The van der Waals surface area contributed by atoms with Crippen LogP contribution < -0.4 is 5.32 Å². The number of piperidine rings is 1. The third-order valence-electron chi connectivity index (χ3n) is 10.6. The molecule has 6 aliphatic rings. The van der Waals surface area contributed by atoms with Crippen molar-refractivity contribution in [2.24, 2.45) is 35.0 Å². The highest BCUT2D eigenvalue weighted by atomic mass is 19.1. The smallest absolute Gasteiger partial charge is 0.226 e. The molecule has 36 heavy (non-hydrogen) atoms. The Hall–Kier alpha value is -1.75. The number of halogens is 1. The number of carbonyl (C=O) groups is 2. The SMILES string of the molecule is O=C(c1ccc(F)cc1)C1CCN(CCC2CCC(NC(=O)C34CC5CC(CC(C5)C3)C4)CC2)CC1. The van der Waals surface area contributed by atoms with E-state index in [0.29, 0.717) is 17.5 Å². The summed E-state index contributed by atoms with van der Waals surface area (Å²) in [4.78, 5) is 28.7. The fraction of sp³-hybridized carbons (Fsp3) is 0.742. The van der Waals surface area contributed by atoms with E-state index >= 15 is 0 Å². The molecule has 1 N–H and O–H groups in total. The van der Waals surface area contributed by atoms with Gasteiger partial charge < -0.3 is 10.2 Å². The van der Waals surface area contributed by atoms with E-state index in [0.717, 1.165) is 88.3 Å². The first-order valence-electron chi connectivity index (χ1n) is 14.8. The van der Waals surface area contributed by atoms with Gasteiger partial charge in [0.2, 0.25) is 5.91 Å². The quantitative estimate of drug-likeness (QED) is 0.473. The average Bonchev–Trinajstić information content (AvgIpc) is 2.88. The van der Waals surface area contributed by atoms with Crippen LogP contribution in [-0.2, 0) is 4.79 Å². The molecule has 1 aromatic rings. The molecule has 5 aliphatic carbocycles. The lowest BCUT2D eigenvalue weighted by atomic mass is 9.49. The van der Waals surface area contributed by atoms with Crippen molar-refractivity contribution < 1.29 is 14.0 Å². The van der Waals surface area contributed by atoms with E-state index in [1.54, 1.807) is 12.1 Å². The summed E-state index contributed by atoms with van der Waals surface area (Å²) in [5, 5.41) is 3.53. The first kappa shape index (κ1) is 24.6. The number of hydrogen-bond donors (Lipinski definition) is 1. The van der Waals surface area contributed by atoms with Crippen molar-refractivity contribution in [3.63, 3.8) is 0 Å². The van der Waals surface area contributed by atoms with Crippen molar-refractivity contribution in [3.05, 3.63) is 35.6 Å². The third kappa shape index (κ3) is 5.14. The van der Waals surface area contributed by atoms with Gasteiger partial charge in [-0.1, -0.05) is 0 Å². The van der Waals surface area contributed by atoms with Gasteiger partial charge in [0.05, 0.1) is 0 Å². The van der Waals surface area contributed by atoms with Crippen molar-refractivity contribution >= 4 is 11.7 Å². The number of nitrogens with one attached hydrogen (secondary N) is 1. The first-order valence-corrected chi connectivity index (χ1v) is 14.8. The largest absolute Gasteiger partial charge is 0.353 e. The van der Waals surface area contributed by atoms with Gasteiger partial charge in [-0.15, -0.1) is 0 Å². The van der Waals surface area contributed by atoms with Gasteiger partial charge in [0.1, 0.15) is 5.82 Å². The van der Waals surface area contributed by atoms with E-state index in [2.05, 4.69) is 10.2 Å². The molecule has 1 heterocycles. The number of likely N-dealkylation sites (tertiary alicyclic amines) is 1. The highest BCUT2D eigenvalue weighted by molar-refractivity contribution is 5.97. The van der Waals surface area contributed by atoms with Crippen LogP contribution in [0.5, 0.6) is 0 Å². The molecule has 0 atom stereocenters. The van der Waals surface area contributed by atoms with E-state index in [9.17, 15) is 14.0 Å². The van der Waals surface area contributed by atoms with Gasteiger partial charge in [0.15, 0.2) is 5.78 Å². The summed E-state index contributed by atoms with van der Waals surface area (Å²) in [5.74, 6) is 3.58. The third-order valence-corrected chi connectivity index (χ3v) is 10.6. The first-order chi connectivity index (χ1) is 17.5. The van der Waals surface area contributed by atoms with Gasteiger partial charge in [0, 0.05) is 22.9 Å². The lowest BCUT2D eigenvalue weighted by molar-refractivity contribution is -0.147. The van der Waals surface area contributed by atoms with Gasteiger partial charge in [0.25, 0.3) is 0 Å². The van der Waals surface area contributed by atoms with Crippen LogP contribution in [0.4, 0.5) is 4.39 Å². The summed E-state index contributed by atoms with van der Waals surface area (Å²) in [6, 6.07) is 6.38. The Labute approximate surface area is 215 Å². The van der Waals surface area contributed by atoms with Crippen LogP contribution in [0.2, 0.25) is 0 Å². The summed E-state index contributed by atoms with van der Waals surface area (Å²) < 4.78 is 13.2. The Kier molecular flexibility index (Phi) is 6.96. The Morgan fingerprint density at radius 2 is 1.44 bits per heavy atom. The molecule has 6 fully saturated rings. The Morgan fingerprint density at radius 1 is 0.861 bits per heavy atom. The number of rotatable bonds is 7. The topological polar surface area (TPSA) is 49.4 Å². The molecule has 0 spiro atoms. The molecule has 1 aromatic carbocycles. The molecule has 1 aliphatic heterocycles. The van der Waals surface area contributed by atoms with Crippen molar-refractivity contribution in [1.29, 1.82) is 0 Å². The van der Waals surface area contributed by atoms with Gasteiger partial charge in [-0.05, 0) is 151 Å². The van der Waals surface area contributed by atoms with Crippen molar-refractivity contribution in [3.8, 4) is 0 Å². The van der Waals surface area contributed by atoms with Crippen LogP contribution in [0, 0.1) is 40.8 Å². The Bertz CT molecular complexity index is 909.